The van der Waals surface area contributed by atoms with Gasteiger partial charge in [-0.25, -0.2) is 17.7 Å². The fourth-order valence-electron chi connectivity index (χ4n) is 4.23. The van der Waals surface area contributed by atoms with Gasteiger partial charge in [-0.2, -0.15) is 4.98 Å². The lowest BCUT2D eigenvalue weighted by Crippen LogP contribution is -2.42. The van der Waals surface area contributed by atoms with Crippen LogP contribution in [0.1, 0.15) is 44.1 Å². The summed E-state index contributed by atoms with van der Waals surface area (Å²) in [4.78, 5) is 11.7. The average Bonchev–Trinajstić information content (AvgIpc) is 3.15. The lowest BCUT2D eigenvalue weighted by atomic mass is 10.1. The van der Waals surface area contributed by atoms with Crippen molar-refractivity contribution in [3.8, 4) is 0 Å². The summed E-state index contributed by atoms with van der Waals surface area (Å²) >= 11 is 0. The second-order valence-electron chi connectivity index (χ2n) is 7.55. The normalized spacial score (nSPS) is 22.6. The smallest absolute Gasteiger partial charge is 0.224 e. The number of piperidine rings is 1. The number of aromatic nitrogens is 2. The molecule has 8 heteroatoms. The molecule has 0 unspecified atom stereocenters. The van der Waals surface area contributed by atoms with Gasteiger partial charge in [0.1, 0.15) is 5.82 Å². The first kappa shape index (κ1) is 17.7. The largest absolute Gasteiger partial charge is 0.351 e. The van der Waals surface area contributed by atoms with E-state index in [1.165, 1.54) is 31.9 Å². The van der Waals surface area contributed by atoms with E-state index in [-0.39, 0.29) is 6.04 Å². The van der Waals surface area contributed by atoms with Crippen LogP contribution in [0.5, 0.6) is 0 Å². The van der Waals surface area contributed by atoms with E-state index in [0.717, 1.165) is 30.8 Å². The van der Waals surface area contributed by atoms with E-state index in [1.54, 1.807) is 4.31 Å². The van der Waals surface area contributed by atoms with Crippen molar-refractivity contribution in [2.24, 2.45) is 0 Å². The number of sulfonamides is 1. The Morgan fingerprint density at radius 2 is 1.88 bits per heavy atom. The molecule has 2 aliphatic heterocycles. The monoisotopic (exact) mass is 377 g/mol. The summed E-state index contributed by atoms with van der Waals surface area (Å²) in [5.74, 6) is 1.69. The zero-order chi connectivity index (χ0) is 18.1. The molecule has 26 heavy (non-hydrogen) atoms. The Morgan fingerprint density at radius 3 is 2.58 bits per heavy atom. The average molecular weight is 378 g/mol. The quantitative estimate of drug-likeness (QED) is 0.866. The highest BCUT2D eigenvalue weighted by Gasteiger charge is 2.28. The Balaban J connectivity index is 1.45. The van der Waals surface area contributed by atoms with Crippen LogP contribution >= 0.6 is 0 Å². The van der Waals surface area contributed by atoms with E-state index < -0.39 is 10.0 Å². The third-order valence-electron chi connectivity index (χ3n) is 5.69. The van der Waals surface area contributed by atoms with Gasteiger partial charge in [0, 0.05) is 43.5 Å². The molecule has 1 N–H and O–H groups in total. The molecule has 0 bridgehead atoms. The molecule has 0 aromatic carbocycles. The molecular weight excluding hydrogens is 350 g/mol. The highest BCUT2D eigenvalue weighted by atomic mass is 32.2. The maximum atomic E-state index is 11.6. The highest BCUT2D eigenvalue weighted by Crippen LogP contribution is 2.32. The van der Waals surface area contributed by atoms with Crippen molar-refractivity contribution in [3.63, 3.8) is 0 Å². The molecule has 142 valence electrons. The van der Waals surface area contributed by atoms with Crippen LogP contribution in [0.3, 0.4) is 0 Å². The SMILES string of the molecule is CS(=O)(=O)N1CCC(Nc2ncc3c(n2)N(C2CCCC2)CC=C3)CC1. The summed E-state index contributed by atoms with van der Waals surface area (Å²) in [6.45, 7) is 2.03. The van der Waals surface area contributed by atoms with E-state index >= 15 is 0 Å². The van der Waals surface area contributed by atoms with E-state index in [1.807, 2.05) is 6.20 Å². The molecule has 3 aliphatic rings. The fraction of sp³-hybridized carbons (Fsp3) is 0.667. The van der Waals surface area contributed by atoms with Crippen molar-refractivity contribution in [3.05, 3.63) is 17.8 Å². The molecule has 0 amide bonds. The predicted molar refractivity (Wildman–Crippen MR) is 104 cm³/mol. The van der Waals surface area contributed by atoms with Gasteiger partial charge in [-0.05, 0) is 25.7 Å². The van der Waals surface area contributed by atoms with E-state index in [0.29, 0.717) is 25.1 Å². The molecule has 1 aromatic heterocycles. The summed E-state index contributed by atoms with van der Waals surface area (Å²) in [6, 6.07) is 0.796. The third kappa shape index (κ3) is 3.71. The zero-order valence-corrected chi connectivity index (χ0v) is 16.1. The minimum absolute atomic E-state index is 0.213. The van der Waals surface area contributed by atoms with Crippen LogP contribution in [-0.4, -0.2) is 60.7 Å². The molecule has 1 aromatic rings. The molecule has 2 fully saturated rings. The minimum Gasteiger partial charge on any atom is -0.351 e. The van der Waals surface area contributed by atoms with Crippen LogP contribution in [0.4, 0.5) is 11.8 Å². The number of hydrogen-bond acceptors (Lipinski definition) is 6. The summed E-state index contributed by atoms with van der Waals surface area (Å²) in [7, 11) is -3.09. The number of anilines is 2. The van der Waals surface area contributed by atoms with Gasteiger partial charge in [-0.1, -0.05) is 25.0 Å². The Morgan fingerprint density at radius 1 is 1.15 bits per heavy atom. The maximum Gasteiger partial charge on any atom is 0.224 e. The summed E-state index contributed by atoms with van der Waals surface area (Å²) in [5, 5.41) is 3.42. The molecule has 7 nitrogen and oxygen atoms in total. The topological polar surface area (TPSA) is 78.4 Å². The van der Waals surface area contributed by atoms with Gasteiger partial charge in [0.2, 0.25) is 16.0 Å². The van der Waals surface area contributed by atoms with Crippen LogP contribution in [0, 0.1) is 0 Å². The first-order chi connectivity index (χ1) is 12.5. The van der Waals surface area contributed by atoms with Gasteiger partial charge in [0.15, 0.2) is 0 Å². The van der Waals surface area contributed by atoms with Gasteiger partial charge < -0.3 is 10.2 Å². The van der Waals surface area contributed by atoms with Crippen molar-refractivity contribution in [2.75, 3.05) is 36.1 Å². The molecule has 0 spiro atoms. The first-order valence-corrected chi connectivity index (χ1v) is 11.4. The summed E-state index contributed by atoms with van der Waals surface area (Å²) < 4.78 is 24.8. The van der Waals surface area contributed by atoms with Gasteiger partial charge in [-0.15, -0.1) is 0 Å². The van der Waals surface area contributed by atoms with Crippen LogP contribution in [-0.2, 0) is 10.0 Å². The second kappa shape index (κ2) is 7.15. The Bertz CT molecular complexity index is 781. The molecule has 1 saturated carbocycles. The van der Waals surface area contributed by atoms with Gasteiger partial charge in [-0.3, -0.25) is 0 Å². The van der Waals surface area contributed by atoms with E-state index in [2.05, 4.69) is 27.4 Å². The number of hydrogen-bond donors (Lipinski definition) is 1. The molecule has 4 rings (SSSR count). The Labute approximate surface area is 155 Å². The molecular formula is C18H27N5O2S. The number of fused-ring (bicyclic) bond motifs is 1. The molecule has 3 heterocycles. The Kier molecular flexibility index (Phi) is 4.88. The maximum absolute atomic E-state index is 11.6. The van der Waals surface area contributed by atoms with Gasteiger partial charge in [0.25, 0.3) is 0 Å². The molecule has 1 aliphatic carbocycles. The highest BCUT2D eigenvalue weighted by molar-refractivity contribution is 7.88. The number of nitrogens with zero attached hydrogens (tertiary/aromatic N) is 4. The van der Waals surface area contributed by atoms with E-state index in [9.17, 15) is 8.42 Å². The number of nitrogens with one attached hydrogen (secondary N) is 1. The lowest BCUT2D eigenvalue weighted by molar-refractivity contribution is 0.331. The summed E-state index contributed by atoms with van der Waals surface area (Å²) in [6.07, 6.45) is 14.1. The van der Waals surface area contributed by atoms with Crippen molar-refractivity contribution < 1.29 is 8.42 Å². The van der Waals surface area contributed by atoms with Gasteiger partial charge >= 0.3 is 0 Å². The van der Waals surface area contributed by atoms with Crippen LogP contribution in [0.15, 0.2) is 12.3 Å². The second-order valence-corrected chi connectivity index (χ2v) is 9.53. The van der Waals surface area contributed by atoms with Crippen molar-refractivity contribution in [1.29, 1.82) is 0 Å². The van der Waals surface area contributed by atoms with E-state index in [4.69, 9.17) is 4.98 Å². The predicted octanol–water partition coefficient (Wildman–Crippen LogP) is 2.09. The van der Waals surface area contributed by atoms with Crippen LogP contribution in [0.25, 0.3) is 6.08 Å². The van der Waals surface area contributed by atoms with Crippen molar-refractivity contribution in [1.82, 2.24) is 14.3 Å². The van der Waals surface area contributed by atoms with Crippen LogP contribution in [0.2, 0.25) is 0 Å². The van der Waals surface area contributed by atoms with Gasteiger partial charge in [0.05, 0.1) is 6.26 Å². The lowest BCUT2D eigenvalue weighted by Gasteiger charge is -2.33. The molecule has 1 saturated heterocycles. The molecule has 0 atom stereocenters. The third-order valence-corrected chi connectivity index (χ3v) is 6.99. The van der Waals surface area contributed by atoms with Crippen LogP contribution < -0.4 is 10.2 Å². The fourth-order valence-corrected chi connectivity index (χ4v) is 5.11. The molecule has 0 radical (unpaired) electrons. The zero-order valence-electron chi connectivity index (χ0n) is 15.3. The standard InChI is InChI=1S/C18H27N5O2S/c1-26(24,25)22-11-8-15(9-12-22)20-18-19-13-14-5-4-10-23(17(14)21-18)16-6-2-3-7-16/h4-5,13,15-16H,2-3,6-12H2,1H3,(H,19,20,21). The minimum atomic E-state index is -3.09. The van der Waals surface area contributed by atoms with Crippen molar-refractivity contribution in [2.45, 2.75) is 50.6 Å². The van der Waals surface area contributed by atoms with Crippen molar-refractivity contribution >= 4 is 27.9 Å². The first-order valence-electron chi connectivity index (χ1n) is 9.52. The Hall–Kier alpha value is -1.67. The number of rotatable bonds is 4. The summed E-state index contributed by atoms with van der Waals surface area (Å²) in [5.41, 5.74) is 1.08.